The summed E-state index contributed by atoms with van der Waals surface area (Å²) >= 11 is 0. The van der Waals surface area contributed by atoms with Gasteiger partial charge in [-0.05, 0) is 65.2 Å². The van der Waals surface area contributed by atoms with Gasteiger partial charge in [-0.15, -0.1) is 0 Å². The van der Waals surface area contributed by atoms with Crippen molar-refractivity contribution in [2.24, 2.45) is 4.99 Å². The van der Waals surface area contributed by atoms with Crippen LogP contribution in [0.4, 0.5) is 10.5 Å². The topological polar surface area (TPSA) is 77.7 Å². The molecular formula is C21H30N4O2. The van der Waals surface area contributed by atoms with Crippen molar-refractivity contribution in [1.82, 2.24) is 4.90 Å². The molecule has 1 amide bonds. The van der Waals surface area contributed by atoms with E-state index in [0.29, 0.717) is 13.1 Å². The van der Waals surface area contributed by atoms with Crippen LogP contribution in [-0.2, 0) is 11.2 Å². The van der Waals surface area contributed by atoms with Crippen LogP contribution in [0.1, 0.15) is 53.0 Å². The van der Waals surface area contributed by atoms with Crippen molar-refractivity contribution in [3.63, 3.8) is 0 Å². The quantitative estimate of drug-likeness (QED) is 0.806. The number of carbonyl (C=O) groups is 1. The molecular weight excluding hydrogens is 340 g/mol. The van der Waals surface area contributed by atoms with E-state index in [-0.39, 0.29) is 6.09 Å². The van der Waals surface area contributed by atoms with Crippen LogP contribution >= 0.6 is 0 Å². The largest absolute Gasteiger partial charge is 0.443 e. The third kappa shape index (κ3) is 6.59. The molecule has 0 radical (unpaired) electrons. The molecule has 0 aliphatic carbocycles. The monoisotopic (exact) mass is 370 g/mol. The molecule has 0 saturated carbocycles. The summed E-state index contributed by atoms with van der Waals surface area (Å²) in [6.45, 7) is 10.5. The highest BCUT2D eigenvalue weighted by molar-refractivity contribution is 5.96. The van der Waals surface area contributed by atoms with Crippen molar-refractivity contribution in [3.05, 3.63) is 29.8 Å². The zero-order chi connectivity index (χ0) is 20.1. The Morgan fingerprint density at radius 1 is 1.22 bits per heavy atom. The SMILES string of the molecule is CC(C)(C#N)Nc1ccc(CCCC2=NCCN2C(=O)OC(C)(C)C)cc1. The van der Waals surface area contributed by atoms with E-state index in [1.54, 1.807) is 4.90 Å². The van der Waals surface area contributed by atoms with Crippen molar-refractivity contribution in [3.8, 4) is 6.07 Å². The summed E-state index contributed by atoms with van der Waals surface area (Å²) in [6, 6.07) is 10.4. The lowest BCUT2D eigenvalue weighted by Gasteiger charge is -2.25. The zero-order valence-corrected chi connectivity index (χ0v) is 17.0. The summed E-state index contributed by atoms with van der Waals surface area (Å²) < 4.78 is 5.45. The standard InChI is InChI=1S/C21H30N4O2/c1-20(2,3)27-19(26)25-14-13-23-18(25)8-6-7-16-9-11-17(12-10-16)24-21(4,5)15-22/h9-12,24H,6-8,13-14H2,1-5H3. The van der Waals surface area contributed by atoms with Crippen LogP contribution in [0.15, 0.2) is 29.3 Å². The molecule has 27 heavy (non-hydrogen) atoms. The lowest BCUT2D eigenvalue weighted by Crippen LogP contribution is -2.39. The van der Waals surface area contributed by atoms with Crippen LogP contribution in [-0.4, -0.2) is 41.1 Å². The fourth-order valence-electron chi connectivity index (χ4n) is 2.82. The van der Waals surface area contributed by atoms with Crippen molar-refractivity contribution in [2.75, 3.05) is 18.4 Å². The van der Waals surface area contributed by atoms with Gasteiger partial charge in [0.25, 0.3) is 0 Å². The molecule has 0 aromatic heterocycles. The number of nitrogens with one attached hydrogen (secondary N) is 1. The maximum Gasteiger partial charge on any atom is 0.415 e. The van der Waals surface area contributed by atoms with Gasteiger partial charge in [0, 0.05) is 12.1 Å². The number of aryl methyl sites for hydroxylation is 1. The van der Waals surface area contributed by atoms with Crippen molar-refractivity contribution in [1.29, 1.82) is 5.26 Å². The number of anilines is 1. The number of rotatable bonds is 6. The summed E-state index contributed by atoms with van der Waals surface area (Å²) in [5.74, 6) is 0.818. The summed E-state index contributed by atoms with van der Waals surface area (Å²) in [4.78, 5) is 18.4. The number of hydrogen-bond donors (Lipinski definition) is 1. The Labute approximate surface area is 162 Å². The molecule has 1 N–H and O–H groups in total. The first-order chi connectivity index (χ1) is 12.6. The maximum absolute atomic E-state index is 12.3. The molecule has 2 rings (SSSR count). The molecule has 1 aliphatic rings. The third-order valence-corrected chi connectivity index (χ3v) is 4.10. The minimum absolute atomic E-state index is 0.311. The predicted molar refractivity (Wildman–Crippen MR) is 108 cm³/mol. The second-order valence-electron chi connectivity index (χ2n) is 8.34. The Morgan fingerprint density at radius 3 is 2.48 bits per heavy atom. The highest BCUT2D eigenvalue weighted by Crippen LogP contribution is 2.18. The number of amidine groups is 1. The second-order valence-corrected chi connectivity index (χ2v) is 8.34. The van der Waals surface area contributed by atoms with Gasteiger partial charge in [-0.1, -0.05) is 12.1 Å². The van der Waals surface area contributed by atoms with E-state index >= 15 is 0 Å². The molecule has 0 fully saturated rings. The molecule has 6 nitrogen and oxygen atoms in total. The molecule has 1 aromatic carbocycles. The van der Waals surface area contributed by atoms with Gasteiger partial charge in [0.1, 0.15) is 17.0 Å². The molecule has 146 valence electrons. The van der Waals surface area contributed by atoms with Gasteiger partial charge in [-0.3, -0.25) is 9.89 Å². The molecule has 1 aromatic rings. The molecule has 0 spiro atoms. The fraction of sp³-hybridized carbons (Fsp3) is 0.571. The summed E-state index contributed by atoms with van der Waals surface area (Å²) in [6.07, 6.45) is 2.26. The fourth-order valence-corrected chi connectivity index (χ4v) is 2.82. The number of nitriles is 1. The Hall–Kier alpha value is -2.55. The summed E-state index contributed by atoms with van der Waals surface area (Å²) in [5.41, 5.74) is 1.06. The van der Waals surface area contributed by atoms with E-state index in [1.807, 2.05) is 46.8 Å². The minimum atomic E-state index is -0.590. The minimum Gasteiger partial charge on any atom is -0.443 e. The van der Waals surface area contributed by atoms with E-state index in [4.69, 9.17) is 10.00 Å². The molecule has 0 saturated heterocycles. The first-order valence-electron chi connectivity index (χ1n) is 9.42. The van der Waals surface area contributed by atoms with Crippen LogP contribution < -0.4 is 5.32 Å². The predicted octanol–water partition coefficient (Wildman–Crippen LogP) is 4.37. The van der Waals surface area contributed by atoms with Gasteiger partial charge in [-0.25, -0.2) is 4.79 Å². The Bertz CT molecular complexity index is 724. The molecule has 0 bridgehead atoms. The number of ether oxygens (including phenoxy) is 1. The van der Waals surface area contributed by atoms with Crippen molar-refractivity contribution in [2.45, 2.75) is 65.0 Å². The Balaban J connectivity index is 1.83. The summed E-state index contributed by atoms with van der Waals surface area (Å²) in [5, 5.41) is 12.3. The third-order valence-electron chi connectivity index (χ3n) is 4.10. The lowest BCUT2D eigenvalue weighted by molar-refractivity contribution is 0.0381. The van der Waals surface area contributed by atoms with Gasteiger partial charge in [0.15, 0.2) is 0 Å². The molecule has 6 heteroatoms. The lowest BCUT2D eigenvalue weighted by atomic mass is 10.1. The number of hydrogen-bond acceptors (Lipinski definition) is 5. The van der Waals surface area contributed by atoms with E-state index in [9.17, 15) is 4.79 Å². The first kappa shape index (κ1) is 20.8. The zero-order valence-electron chi connectivity index (χ0n) is 17.0. The van der Waals surface area contributed by atoms with Crippen LogP contribution in [0.2, 0.25) is 0 Å². The van der Waals surface area contributed by atoms with Crippen LogP contribution in [0.3, 0.4) is 0 Å². The first-order valence-corrected chi connectivity index (χ1v) is 9.42. The number of carbonyl (C=O) groups excluding carboxylic acids is 1. The summed E-state index contributed by atoms with van der Waals surface area (Å²) in [7, 11) is 0. The van der Waals surface area contributed by atoms with Gasteiger partial charge in [-0.2, -0.15) is 5.26 Å². The molecule has 1 aliphatic heterocycles. The van der Waals surface area contributed by atoms with Crippen LogP contribution in [0.5, 0.6) is 0 Å². The molecule has 0 atom stereocenters. The Kier molecular flexibility index (Phi) is 6.48. The second kappa shape index (κ2) is 8.43. The van der Waals surface area contributed by atoms with E-state index in [1.165, 1.54) is 5.56 Å². The normalized spacial score (nSPS) is 14.5. The van der Waals surface area contributed by atoms with E-state index < -0.39 is 11.1 Å². The average Bonchev–Trinajstić information content (AvgIpc) is 3.03. The molecule has 0 unspecified atom stereocenters. The number of aliphatic imine (C=N–C) groups is 1. The number of benzene rings is 1. The number of nitrogens with zero attached hydrogens (tertiary/aromatic N) is 3. The number of amides is 1. The maximum atomic E-state index is 12.3. The van der Waals surface area contributed by atoms with Gasteiger partial charge in [0.05, 0.1) is 19.2 Å². The van der Waals surface area contributed by atoms with Gasteiger partial charge < -0.3 is 10.1 Å². The van der Waals surface area contributed by atoms with E-state index in [2.05, 4.69) is 28.5 Å². The van der Waals surface area contributed by atoms with Gasteiger partial charge >= 0.3 is 6.09 Å². The van der Waals surface area contributed by atoms with Gasteiger partial charge in [0.2, 0.25) is 0 Å². The average molecular weight is 370 g/mol. The van der Waals surface area contributed by atoms with Crippen molar-refractivity contribution >= 4 is 17.6 Å². The Morgan fingerprint density at radius 2 is 1.89 bits per heavy atom. The van der Waals surface area contributed by atoms with Crippen LogP contribution in [0.25, 0.3) is 0 Å². The molecule has 1 heterocycles. The highest BCUT2D eigenvalue weighted by atomic mass is 16.6. The van der Waals surface area contributed by atoms with Crippen molar-refractivity contribution < 1.29 is 9.53 Å². The smallest absolute Gasteiger partial charge is 0.415 e. The van der Waals surface area contributed by atoms with E-state index in [0.717, 1.165) is 30.8 Å². The van der Waals surface area contributed by atoms with Crippen LogP contribution in [0, 0.1) is 11.3 Å². The highest BCUT2D eigenvalue weighted by Gasteiger charge is 2.27.